The smallest absolute Gasteiger partial charge is 0.479 e. The third-order valence-corrected chi connectivity index (χ3v) is 19.5. The molecule has 3 aliphatic rings. The van der Waals surface area contributed by atoms with Crippen molar-refractivity contribution in [2.24, 2.45) is 13.0 Å². The zero-order valence-electron chi connectivity index (χ0n) is 38.0. The molecule has 39 heteroatoms. The summed E-state index contributed by atoms with van der Waals surface area (Å²) in [5, 5.41) is 32.7. The number of hydrogen-bond acceptors (Lipinski definition) is 26. The Bertz CT molecular complexity index is 3240. The third-order valence-electron chi connectivity index (χ3n) is 11.9. The fraction of sp³-hybridized carbons (Fsp3) is 0.588. The van der Waals surface area contributed by atoms with Gasteiger partial charge in [-0.2, -0.15) is 9.55 Å². The molecule has 3 aliphatic heterocycles. The molecule has 8 heterocycles. The van der Waals surface area contributed by atoms with Gasteiger partial charge in [0.25, 0.3) is 16.7 Å². The Morgan fingerprint density at radius 3 is 2.16 bits per heavy atom. The third kappa shape index (κ3) is 11.2. The molecule has 0 spiro atoms. The van der Waals surface area contributed by atoms with Gasteiger partial charge in [-0.05, 0) is 0 Å². The van der Waals surface area contributed by atoms with Gasteiger partial charge in [0.1, 0.15) is 50.0 Å². The molecule has 73 heavy (non-hydrogen) atoms. The maximum atomic E-state index is 14.2. The molecule has 5 aromatic rings. The van der Waals surface area contributed by atoms with Gasteiger partial charge >= 0.3 is 34.3 Å². The van der Waals surface area contributed by atoms with E-state index >= 15 is 0 Å². The van der Waals surface area contributed by atoms with Crippen LogP contribution in [0.3, 0.4) is 0 Å². The zero-order chi connectivity index (χ0) is 53.1. The van der Waals surface area contributed by atoms with E-state index in [4.69, 9.17) is 48.7 Å². The van der Waals surface area contributed by atoms with Crippen molar-refractivity contribution in [2.75, 3.05) is 58.0 Å². The second-order valence-corrected chi connectivity index (χ2v) is 24.5. The van der Waals surface area contributed by atoms with Crippen molar-refractivity contribution in [3.63, 3.8) is 0 Å². The number of anilines is 2. The Balaban J connectivity index is 0.957. The summed E-state index contributed by atoms with van der Waals surface area (Å²) < 4.78 is 107. The number of nitrogens with one attached hydrogen (secondary N) is 2. The van der Waals surface area contributed by atoms with E-state index in [9.17, 15) is 67.5 Å². The average Bonchev–Trinajstić information content (AvgIpc) is 4.10. The number of phosphoric ester groups is 1. The van der Waals surface area contributed by atoms with Crippen molar-refractivity contribution in [3.05, 3.63) is 62.4 Å². The summed E-state index contributed by atoms with van der Waals surface area (Å²) in [6.07, 6.45) is -11.6. The lowest BCUT2D eigenvalue weighted by atomic mass is 9.99. The van der Waals surface area contributed by atoms with Crippen LogP contribution in [0.4, 0.5) is 11.8 Å². The van der Waals surface area contributed by atoms with Gasteiger partial charge in [-0.3, -0.25) is 42.3 Å². The monoisotopic (exact) mass is 1120 g/mol. The lowest BCUT2D eigenvalue weighted by Crippen LogP contribution is -2.40. The minimum absolute atomic E-state index is 0.00232. The van der Waals surface area contributed by atoms with Crippen LogP contribution in [-0.2, 0) is 66.9 Å². The predicted molar refractivity (Wildman–Crippen MR) is 238 cm³/mol. The first-order valence-corrected chi connectivity index (χ1v) is 27.8. The number of hydrogen-bond donors (Lipinski definition) is 10. The number of ether oxygens (including phenoxy) is 5. The largest absolute Gasteiger partial charge is 0.778 e. The van der Waals surface area contributed by atoms with Gasteiger partial charge in [-0.25, -0.2) is 33.2 Å². The minimum Gasteiger partial charge on any atom is -0.778 e. The van der Waals surface area contributed by atoms with E-state index in [1.807, 2.05) is 4.98 Å². The molecule has 3 saturated heterocycles. The lowest BCUT2D eigenvalue weighted by Gasteiger charge is -2.35. The number of aliphatic hydroxyl groups is 3. The first-order chi connectivity index (χ1) is 34.2. The van der Waals surface area contributed by atoms with Crippen LogP contribution in [0.1, 0.15) is 18.7 Å². The summed E-state index contributed by atoms with van der Waals surface area (Å²) in [6, 6.07) is 0.926. The van der Waals surface area contributed by atoms with Gasteiger partial charge in [0.2, 0.25) is 18.5 Å². The summed E-state index contributed by atoms with van der Waals surface area (Å²) in [4.78, 5) is 103. The van der Waals surface area contributed by atoms with E-state index in [0.717, 1.165) is 36.6 Å². The van der Waals surface area contributed by atoms with E-state index in [2.05, 4.69) is 29.2 Å². The number of rotatable bonds is 20. The van der Waals surface area contributed by atoms with E-state index in [-0.39, 0.29) is 40.7 Å². The average molecular weight is 1120 g/mol. The zero-order valence-corrected chi connectivity index (χ0v) is 41.6. The van der Waals surface area contributed by atoms with Crippen LogP contribution in [0, 0.1) is 5.92 Å². The molecule has 4 unspecified atom stereocenters. The highest BCUT2D eigenvalue weighted by Crippen LogP contribution is 2.67. The number of nitrogen functional groups attached to an aromatic ring is 2. The number of aryl methyl sites for hydroxylation is 1. The fourth-order valence-corrected chi connectivity index (χ4v) is 15.4. The second-order valence-electron chi connectivity index (χ2n) is 16.7. The molecule has 0 saturated carbocycles. The van der Waals surface area contributed by atoms with Crippen molar-refractivity contribution in [2.45, 2.75) is 67.1 Å². The number of aromatic amines is 2. The van der Waals surface area contributed by atoms with Gasteiger partial charge in [-0.1, -0.05) is 0 Å². The standard InChI is InChI=1S/C34H48N12O23P4/c1-43-12-46(28-20(43)29(51)42-33(36)41-28)30-21(48)14(6-61-2)15(66-30)7-65-73(59,60)69-71(55,56)13-70(53,54)63-9-17-25(24(62-3)32(68-17)45-11-39-19-26(35)37-10-38-27(19)45)72(57,58)64-8-16-22(49)23(50)31(67-16)44-5-4-18(47)40-34(44)52/h4-5,10-12,14-17,21-25,30-32,48-50H,6-9,13H2,1-3H3,(H9-,35,36,37,38,40,41,42,47,51,52,53,54,55,56,57,58,59,60)/t14-,15-,16-,17-,21-,22-,23-,24-,25-,30-,31-,32-/m1/s1. The van der Waals surface area contributed by atoms with Crippen LogP contribution in [0.5, 0.6) is 0 Å². The summed E-state index contributed by atoms with van der Waals surface area (Å²) in [6.45, 7) is -3.39. The number of fused-ring (bicyclic) bond motifs is 2. The van der Waals surface area contributed by atoms with Crippen molar-refractivity contribution in [1.29, 1.82) is 0 Å². The summed E-state index contributed by atoms with van der Waals surface area (Å²) in [5.41, 5.74) is 7.28. The molecule has 8 rings (SSSR count). The molecule has 12 N–H and O–H groups in total. The number of nitrogens with two attached hydrogens (primary N) is 2. The Morgan fingerprint density at radius 2 is 1.47 bits per heavy atom. The molecular formula is C34H48N12O23P4. The van der Waals surface area contributed by atoms with Crippen molar-refractivity contribution in [1.82, 2.24) is 43.6 Å². The highest BCUT2D eigenvalue weighted by atomic mass is 31.3. The number of aromatic nitrogens is 10. The topological polar surface area (TPSA) is 501 Å². The number of aliphatic hydroxyl groups excluding tert-OH is 3. The van der Waals surface area contributed by atoms with E-state index in [1.165, 1.54) is 34.2 Å². The van der Waals surface area contributed by atoms with E-state index in [0.29, 0.717) is 0 Å². The van der Waals surface area contributed by atoms with Gasteiger partial charge in [0.15, 0.2) is 29.8 Å². The van der Waals surface area contributed by atoms with Gasteiger partial charge in [0.05, 0.1) is 57.7 Å². The lowest BCUT2D eigenvalue weighted by molar-refractivity contribution is -0.646. The Morgan fingerprint density at radius 1 is 0.795 bits per heavy atom. The van der Waals surface area contributed by atoms with Gasteiger partial charge in [-0.15, -0.1) is 0 Å². The molecule has 0 radical (unpaired) electrons. The maximum absolute atomic E-state index is 14.2. The van der Waals surface area contributed by atoms with Gasteiger partial charge in [0, 0.05) is 32.4 Å². The number of methoxy groups -OCH3 is 2. The molecular weight excluding hydrogens is 1070 g/mol. The van der Waals surface area contributed by atoms with Crippen LogP contribution < -0.4 is 37.7 Å². The van der Waals surface area contributed by atoms with Crippen LogP contribution in [0.25, 0.3) is 22.3 Å². The molecule has 5 aromatic heterocycles. The fourth-order valence-electron chi connectivity index (χ4n) is 8.64. The molecule has 0 aliphatic carbocycles. The summed E-state index contributed by atoms with van der Waals surface area (Å²) in [7, 11) is -18.5. The number of H-pyrrole nitrogens is 2. The highest BCUT2D eigenvalue weighted by molar-refractivity contribution is 7.74. The van der Waals surface area contributed by atoms with E-state index < -0.39 is 146 Å². The molecule has 0 bridgehead atoms. The van der Waals surface area contributed by atoms with Gasteiger partial charge < -0.3 is 83.7 Å². The van der Waals surface area contributed by atoms with Crippen molar-refractivity contribution in [3.8, 4) is 0 Å². The van der Waals surface area contributed by atoms with Crippen LogP contribution in [-0.4, -0.2) is 169 Å². The maximum Gasteiger partial charge on any atom is 0.479 e. The second kappa shape index (κ2) is 20.9. The van der Waals surface area contributed by atoms with Crippen LogP contribution in [0.15, 0.2) is 45.6 Å². The molecule has 0 aromatic carbocycles. The quantitative estimate of drug-likeness (QED) is 0.0260. The first-order valence-electron chi connectivity index (χ1n) is 21.2. The predicted octanol–water partition coefficient (Wildman–Crippen LogP) is -4.43. The van der Waals surface area contributed by atoms with Crippen molar-refractivity contribution < 1.29 is 99.3 Å². The van der Waals surface area contributed by atoms with E-state index in [1.54, 1.807) is 0 Å². The highest BCUT2D eigenvalue weighted by Gasteiger charge is 2.54. The number of nitrogens with zero attached hydrogens (tertiary/aromatic N) is 8. The van der Waals surface area contributed by atoms with Crippen LogP contribution in [0.2, 0.25) is 0 Å². The Labute approximate surface area is 407 Å². The number of phosphoric acid groups is 1. The molecule has 35 nitrogen and oxygen atoms in total. The molecule has 402 valence electrons. The molecule has 0 amide bonds. The Hall–Kier alpha value is -4.54. The van der Waals surface area contributed by atoms with Crippen molar-refractivity contribution >= 4 is 64.7 Å². The summed E-state index contributed by atoms with van der Waals surface area (Å²) >= 11 is 0. The minimum atomic E-state index is -5.70. The number of imidazole rings is 2. The normalized spacial score (nSPS) is 30.9. The van der Waals surface area contributed by atoms with Crippen LogP contribution >= 0.6 is 30.6 Å². The first kappa shape index (κ1) is 54.7. The molecule has 3 fully saturated rings. The molecule has 16 atom stereocenters. The SMILES string of the molecule is COC[C@H]1[C@@H](O)[C@H](n2c[n+](C)c3c(=O)[nH]c(N)nc32)O[C@@H]1COP(=O)(O)OP(=O)(O)CP(=O)(O)OC[C@H]1O[C@@H](n2cnc3c(N)ncnc32)[C@H](OC)[C@@H]1P(=O)([O-])OC[C@H]1O[C@@H](n2ccc(=O)[nH]c2=O)[C@H](O)[C@@H]1O. The Kier molecular flexibility index (Phi) is 15.6. The summed E-state index contributed by atoms with van der Waals surface area (Å²) in [5.74, 6) is -3.26.